The number of nitrogens with zero attached hydrogens (tertiary/aromatic N) is 2. The summed E-state index contributed by atoms with van der Waals surface area (Å²) < 4.78 is 5.44. The molecule has 2 aromatic carbocycles. The minimum atomic E-state index is -0.393. The van der Waals surface area contributed by atoms with Crippen LogP contribution < -0.4 is 4.74 Å². The number of benzene rings is 2. The average Bonchev–Trinajstić information content (AvgIpc) is 2.64. The van der Waals surface area contributed by atoms with Gasteiger partial charge in [-0.2, -0.15) is 0 Å². The lowest BCUT2D eigenvalue weighted by Gasteiger charge is -2.03. The summed E-state index contributed by atoms with van der Waals surface area (Å²) >= 11 is 0. The number of hydrogen-bond donors (Lipinski definition) is 0. The monoisotopic (exact) mass is 332 g/mol. The number of aromatic nitrogens is 1. The van der Waals surface area contributed by atoms with Crippen LogP contribution in [0, 0.1) is 10.1 Å². The Morgan fingerprint density at radius 1 is 1.08 bits per heavy atom. The zero-order valence-corrected chi connectivity index (χ0v) is 13.5. The summed E-state index contributed by atoms with van der Waals surface area (Å²) in [6.07, 6.45) is 5.50. The first kappa shape index (κ1) is 16.4. The quantitative estimate of drug-likeness (QED) is 0.367. The van der Waals surface area contributed by atoms with Gasteiger partial charge in [0.2, 0.25) is 0 Å². The number of rotatable bonds is 6. The molecular weight excluding hydrogens is 316 g/mol. The van der Waals surface area contributed by atoms with E-state index in [4.69, 9.17) is 4.74 Å². The van der Waals surface area contributed by atoms with Crippen LogP contribution in [-0.4, -0.2) is 16.5 Å². The van der Waals surface area contributed by atoms with Crippen LogP contribution in [0.3, 0.4) is 0 Å². The van der Waals surface area contributed by atoms with Crippen molar-refractivity contribution in [1.82, 2.24) is 4.98 Å². The minimum Gasteiger partial charge on any atom is -0.490 e. The summed E-state index contributed by atoms with van der Waals surface area (Å²) in [5.74, 6) is 0.785. The normalized spacial score (nSPS) is 10.9. The Bertz CT molecular complexity index is 947. The third-order valence-electron chi connectivity index (χ3n) is 3.62. The summed E-state index contributed by atoms with van der Waals surface area (Å²) in [4.78, 5) is 15.1. The lowest BCUT2D eigenvalue weighted by atomic mass is 10.1. The van der Waals surface area contributed by atoms with E-state index >= 15 is 0 Å². The largest absolute Gasteiger partial charge is 0.490 e. The third-order valence-corrected chi connectivity index (χ3v) is 3.62. The van der Waals surface area contributed by atoms with Gasteiger partial charge in [-0.05, 0) is 42.0 Å². The minimum absolute atomic E-state index is 0.0654. The maximum Gasteiger partial charge on any atom is 0.278 e. The molecule has 0 aliphatic carbocycles. The molecule has 5 nitrogen and oxygen atoms in total. The summed E-state index contributed by atoms with van der Waals surface area (Å²) in [6.45, 7) is 4.09. The average molecular weight is 332 g/mol. The number of hydrogen-bond acceptors (Lipinski definition) is 4. The highest BCUT2D eigenvalue weighted by Crippen LogP contribution is 2.24. The SMILES string of the molecule is C=CCOc1ccc(C=Cc2ccc3c([N+](=O)[O-])cccc3n2)cc1. The first-order valence-electron chi connectivity index (χ1n) is 7.73. The van der Waals surface area contributed by atoms with Crippen molar-refractivity contribution in [3.05, 3.63) is 88.6 Å². The van der Waals surface area contributed by atoms with Crippen molar-refractivity contribution in [2.45, 2.75) is 0 Å². The maximum atomic E-state index is 11.1. The van der Waals surface area contributed by atoms with E-state index < -0.39 is 4.92 Å². The Balaban J connectivity index is 1.81. The van der Waals surface area contributed by atoms with Gasteiger partial charge >= 0.3 is 0 Å². The lowest BCUT2D eigenvalue weighted by Crippen LogP contribution is -1.92. The van der Waals surface area contributed by atoms with Crippen LogP contribution in [0.4, 0.5) is 5.69 Å². The van der Waals surface area contributed by atoms with Crippen molar-refractivity contribution >= 4 is 28.7 Å². The van der Waals surface area contributed by atoms with E-state index in [-0.39, 0.29) is 5.69 Å². The smallest absolute Gasteiger partial charge is 0.278 e. The molecule has 0 radical (unpaired) electrons. The third kappa shape index (κ3) is 3.90. The van der Waals surface area contributed by atoms with Crippen LogP contribution in [0.25, 0.3) is 23.1 Å². The van der Waals surface area contributed by atoms with Crippen molar-refractivity contribution in [2.24, 2.45) is 0 Å². The Morgan fingerprint density at radius 3 is 2.60 bits per heavy atom. The molecule has 0 amide bonds. The second-order valence-electron chi connectivity index (χ2n) is 5.34. The number of non-ortho nitro benzene ring substituents is 1. The number of pyridine rings is 1. The highest BCUT2D eigenvalue weighted by Gasteiger charge is 2.11. The van der Waals surface area contributed by atoms with Crippen LogP contribution >= 0.6 is 0 Å². The lowest BCUT2D eigenvalue weighted by molar-refractivity contribution is -0.383. The molecule has 1 heterocycles. The second kappa shape index (κ2) is 7.40. The molecule has 0 aliphatic heterocycles. The molecule has 0 bridgehead atoms. The van der Waals surface area contributed by atoms with E-state index in [1.165, 1.54) is 6.07 Å². The molecule has 5 heteroatoms. The zero-order valence-electron chi connectivity index (χ0n) is 13.5. The van der Waals surface area contributed by atoms with Crippen molar-refractivity contribution in [1.29, 1.82) is 0 Å². The number of fused-ring (bicyclic) bond motifs is 1. The summed E-state index contributed by atoms with van der Waals surface area (Å²) in [7, 11) is 0. The van der Waals surface area contributed by atoms with E-state index in [1.807, 2.05) is 36.4 Å². The predicted molar refractivity (Wildman–Crippen MR) is 99.5 cm³/mol. The fourth-order valence-corrected chi connectivity index (χ4v) is 2.42. The predicted octanol–water partition coefficient (Wildman–Crippen LogP) is 4.88. The van der Waals surface area contributed by atoms with Gasteiger partial charge < -0.3 is 4.74 Å². The van der Waals surface area contributed by atoms with Gasteiger partial charge in [-0.1, -0.05) is 36.9 Å². The number of nitro groups is 1. The van der Waals surface area contributed by atoms with E-state index in [9.17, 15) is 10.1 Å². The van der Waals surface area contributed by atoms with E-state index in [0.29, 0.717) is 17.5 Å². The highest BCUT2D eigenvalue weighted by molar-refractivity contribution is 5.88. The molecule has 0 saturated carbocycles. The molecule has 3 aromatic rings. The molecule has 0 aliphatic rings. The summed E-state index contributed by atoms with van der Waals surface area (Å²) in [6, 6.07) is 16.1. The number of nitro benzene ring substituents is 1. The molecule has 0 unspecified atom stereocenters. The molecule has 0 saturated heterocycles. The van der Waals surface area contributed by atoms with Gasteiger partial charge in [-0.25, -0.2) is 4.98 Å². The molecule has 124 valence electrons. The van der Waals surface area contributed by atoms with Gasteiger partial charge in [0.1, 0.15) is 12.4 Å². The Kier molecular flexibility index (Phi) is 4.85. The Morgan fingerprint density at radius 2 is 1.88 bits per heavy atom. The van der Waals surface area contributed by atoms with Crippen LogP contribution in [-0.2, 0) is 0 Å². The van der Waals surface area contributed by atoms with Crippen LogP contribution in [0.1, 0.15) is 11.3 Å². The number of ether oxygens (including phenoxy) is 1. The molecule has 0 fully saturated rings. The first-order valence-corrected chi connectivity index (χ1v) is 7.73. The van der Waals surface area contributed by atoms with Gasteiger partial charge in [-0.15, -0.1) is 0 Å². The van der Waals surface area contributed by atoms with Crippen molar-refractivity contribution in [3.63, 3.8) is 0 Å². The maximum absolute atomic E-state index is 11.1. The molecular formula is C20H16N2O3. The first-order chi connectivity index (χ1) is 12.2. The molecule has 1 aromatic heterocycles. The van der Waals surface area contributed by atoms with Crippen LogP contribution in [0.2, 0.25) is 0 Å². The molecule has 0 N–H and O–H groups in total. The van der Waals surface area contributed by atoms with Crippen molar-refractivity contribution < 1.29 is 9.66 Å². The topological polar surface area (TPSA) is 65.3 Å². The molecule has 25 heavy (non-hydrogen) atoms. The van der Waals surface area contributed by atoms with E-state index in [0.717, 1.165) is 17.0 Å². The highest BCUT2D eigenvalue weighted by atomic mass is 16.6. The van der Waals surface area contributed by atoms with Crippen LogP contribution in [0.15, 0.2) is 67.3 Å². The second-order valence-corrected chi connectivity index (χ2v) is 5.34. The fourth-order valence-electron chi connectivity index (χ4n) is 2.42. The van der Waals surface area contributed by atoms with Crippen LogP contribution in [0.5, 0.6) is 5.75 Å². The fraction of sp³-hybridized carbons (Fsp3) is 0.0500. The van der Waals surface area contributed by atoms with E-state index in [2.05, 4.69) is 11.6 Å². The summed E-state index contributed by atoms with van der Waals surface area (Å²) in [5, 5.41) is 11.6. The van der Waals surface area contributed by atoms with Gasteiger partial charge in [0, 0.05) is 6.07 Å². The van der Waals surface area contributed by atoms with E-state index in [1.54, 1.807) is 30.3 Å². The summed E-state index contributed by atoms with van der Waals surface area (Å²) in [5.41, 5.74) is 2.41. The van der Waals surface area contributed by atoms with Gasteiger partial charge in [0.25, 0.3) is 5.69 Å². The van der Waals surface area contributed by atoms with Crippen molar-refractivity contribution in [3.8, 4) is 5.75 Å². The van der Waals surface area contributed by atoms with Crippen molar-refractivity contribution in [2.75, 3.05) is 6.61 Å². The zero-order chi connectivity index (χ0) is 17.6. The van der Waals surface area contributed by atoms with Gasteiger partial charge in [-0.3, -0.25) is 10.1 Å². The molecule has 3 rings (SSSR count). The molecule has 0 spiro atoms. The van der Waals surface area contributed by atoms with Gasteiger partial charge in [0.15, 0.2) is 0 Å². The standard InChI is InChI=1S/C20H16N2O3/c1-2-14-25-17-11-7-15(8-12-17)6-9-16-10-13-18-19(21-16)4-3-5-20(18)22(23)24/h2-13H,1,14H2. The molecule has 0 atom stereocenters. The Labute approximate surface area is 145 Å². The van der Waals surface area contributed by atoms with Gasteiger partial charge in [0.05, 0.1) is 21.5 Å². The Hall–Kier alpha value is -3.47.